The Morgan fingerprint density at radius 2 is 2.03 bits per heavy atom. The number of aromatic nitrogens is 2. The van der Waals surface area contributed by atoms with Gasteiger partial charge in [-0.3, -0.25) is 9.59 Å². The molecule has 2 unspecified atom stereocenters. The number of cyclic esters (lactones) is 1. The van der Waals surface area contributed by atoms with E-state index in [0.29, 0.717) is 34.3 Å². The summed E-state index contributed by atoms with van der Waals surface area (Å²) in [6.45, 7) is 1.23. The van der Waals surface area contributed by atoms with Gasteiger partial charge < -0.3 is 19.7 Å². The van der Waals surface area contributed by atoms with Gasteiger partial charge in [-0.1, -0.05) is 0 Å². The molecule has 0 fully saturated rings. The molecule has 1 aliphatic carbocycles. The monoisotopic (exact) mass is 453 g/mol. The van der Waals surface area contributed by atoms with Crippen LogP contribution in [0.5, 0.6) is 0 Å². The molecule has 0 radical (unpaired) electrons. The highest BCUT2D eigenvalue weighted by Gasteiger charge is 2.37. The summed E-state index contributed by atoms with van der Waals surface area (Å²) in [6, 6.07) is 2.07. The van der Waals surface area contributed by atoms with E-state index in [1.54, 1.807) is 0 Å². The van der Waals surface area contributed by atoms with Crippen molar-refractivity contribution in [3.63, 3.8) is 0 Å². The van der Waals surface area contributed by atoms with Gasteiger partial charge in [0.2, 0.25) is 5.91 Å². The second-order valence-electron chi connectivity index (χ2n) is 8.55. The third kappa shape index (κ3) is 2.64. The lowest BCUT2D eigenvalue weighted by Gasteiger charge is -2.28. The van der Waals surface area contributed by atoms with Crippen molar-refractivity contribution in [1.82, 2.24) is 14.9 Å². The van der Waals surface area contributed by atoms with E-state index >= 15 is 0 Å². The van der Waals surface area contributed by atoms with Crippen molar-refractivity contribution in [3.05, 3.63) is 61.9 Å². The summed E-state index contributed by atoms with van der Waals surface area (Å²) in [5, 5.41) is 13.6. The number of hydrogen-bond acceptors (Lipinski definition) is 6. The van der Waals surface area contributed by atoms with Crippen LogP contribution in [0.3, 0.4) is 0 Å². The number of halogens is 2. The van der Waals surface area contributed by atoms with Crippen molar-refractivity contribution in [2.24, 2.45) is 0 Å². The van der Waals surface area contributed by atoms with E-state index in [2.05, 4.69) is 10.3 Å². The number of nitrogens with one attached hydrogen (secondary N) is 1. The molecule has 2 N–H and O–H groups in total. The van der Waals surface area contributed by atoms with Crippen LogP contribution in [0.4, 0.5) is 8.78 Å². The van der Waals surface area contributed by atoms with E-state index in [1.807, 2.05) is 0 Å². The molecule has 2 atom stereocenters. The van der Waals surface area contributed by atoms with Gasteiger partial charge in [0, 0.05) is 35.1 Å². The van der Waals surface area contributed by atoms with Crippen LogP contribution < -0.4 is 10.9 Å². The standard InChI is InChI=1S/C23H17F2N3O5/c1-8(29)26-14-3-2-9-17-15(5-13(24)19(9)25)27-20-11(18(14)17)6-28-16(20)4-10-12(22(28)31)7-33-23(32)21(10)30/h4-5,14,21,30H,2-3,6-7H2,1H3,(H,26,29). The predicted octanol–water partition coefficient (Wildman–Crippen LogP) is 1.92. The van der Waals surface area contributed by atoms with Gasteiger partial charge in [0.1, 0.15) is 6.61 Å². The zero-order chi connectivity index (χ0) is 23.2. The highest BCUT2D eigenvalue weighted by molar-refractivity contribution is 5.93. The summed E-state index contributed by atoms with van der Waals surface area (Å²) in [6.07, 6.45) is -1.01. The number of amides is 1. The van der Waals surface area contributed by atoms with E-state index in [-0.39, 0.29) is 47.7 Å². The Kier molecular flexibility index (Phi) is 4.04. The van der Waals surface area contributed by atoms with Gasteiger partial charge >= 0.3 is 5.97 Å². The second kappa shape index (κ2) is 6.67. The zero-order valence-corrected chi connectivity index (χ0v) is 17.4. The Morgan fingerprint density at radius 3 is 2.79 bits per heavy atom. The summed E-state index contributed by atoms with van der Waals surface area (Å²) in [7, 11) is 0. The molecule has 1 aromatic carbocycles. The number of carbonyl (C=O) groups is 2. The lowest BCUT2D eigenvalue weighted by atomic mass is 9.83. The Labute approximate surface area is 184 Å². The minimum atomic E-state index is -1.60. The molecule has 3 aromatic rings. The minimum absolute atomic E-state index is 0.105. The Bertz CT molecular complexity index is 1500. The van der Waals surface area contributed by atoms with Crippen LogP contribution in [-0.4, -0.2) is 26.5 Å². The van der Waals surface area contributed by atoms with Gasteiger partial charge in [-0.05, 0) is 24.5 Å². The molecule has 0 spiro atoms. The highest BCUT2D eigenvalue weighted by atomic mass is 19.2. The molecular formula is C23H17F2N3O5. The number of benzene rings is 1. The smallest absolute Gasteiger partial charge is 0.340 e. The molecule has 2 aliphatic heterocycles. The van der Waals surface area contributed by atoms with Crippen LogP contribution in [0, 0.1) is 11.6 Å². The average molecular weight is 453 g/mol. The van der Waals surface area contributed by atoms with Crippen molar-refractivity contribution >= 4 is 22.8 Å². The Morgan fingerprint density at radius 1 is 1.24 bits per heavy atom. The minimum Gasteiger partial charge on any atom is -0.458 e. The Hall–Kier alpha value is -3.66. The first-order valence-electron chi connectivity index (χ1n) is 10.5. The molecule has 4 heterocycles. The lowest BCUT2D eigenvalue weighted by Crippen LogP contribution is -2.32. The van der Waals surface area contributed by atoms with Crippen LogP contribution >= 0.6 is 0 Å². The third-order valence-electron chi connectivity index (χ3n) is 6.69. The van der Waals surface area contributed by atoms with Gasteiger partial charge in [0.15, 0.2) is 17.7 Å². The maximum Gasteiger partial charge on any atom is 0.340 e. The molecule has 2 aromatic heterocycles. The number of aliphatic hydroxyl groups excluding tert-OH is 1. The van der Waals surface area contributed by atoms with Crippen LogP contribution in [0.1, 0.15) is 53.3 Å². The number of fused-ring (bicyclic) bond motifs is 5. The highest BCUT2D eigenvalue weighted by Crippen LogP contribution is 2.45. The first-order chi connectivity index (χ1) is 15.8. The molecule has 168 valence electrons. The van der Waals surface area contributed by atoms with Crippen LogP contribution in [-0.2, 0) is 33.9 Å². The summed E-state index contributed by atoms with van der Waals surface area (Å²) in [4.78, 5) is 41.5. The van der Waals surface area contributed by atoms with Crippen LogP contribution in [0.25, 0.3) is 22.3 Å². The third-order valence-corrected chi connectivity index (χ3v) is 6.69. The van der Waals surface area contributed by atoms with Crippen molar-refractivity contribution in [2.45, 2.75) is 45.1 Å². The summed E-state index contributed by atoms with van der Waals surface area (Å²) < 4.78 is 35.4. The molecule has 0 bridgehead atoms. The largest absolute Gasteiger partial charge is 0.458 e. The van der Waals surface area contributed by atoms with Gasteiger partial charge in [0.25, 0.3) is 5.56 Å². The summed E-state index contributed by atoms with van der Waals surface area (Å²) in [5.41, 5.74) is 2.27. The van der Waals surface area contributed by atoms with Gasteiger partial charge in [-0.15, -0.1) is 0 Å². The number of rotatable bonds is 1. The van der Waals surface area contributed by atoms with Gasteiger partial charge in [-0.2, -0.15) is 0 Å². The van der Waals surface area contributed by atoms with Crippen LogP contribution in [0.2, 0.25) is 0 Å². The number of aryl methyl sites for hydroxylation is 1. The molecule has 1 amide bonds. The number of esters is 1. The number of pyridine rings is 2. The number of ether oxygens (including phenoxy) is 1. The molecule has 3 aliphatic rings. The molecule has 0 saturated heterocycles. The molecule has 10 heteroatoms. The van der Waals surface area contributed by atoms with Crippen molar-refractivity contribution in [1.29, 1.82) is 0 Å². The molecule has 0 saturated carbocycles. The SMILES string of the molecule is CC(=O)NC1CCc2c(F)c(F)cc3nc4c(c1c23)Cn1c-4cc2c(c1=O)COC(=O)C2O. The van der Waals surface area contributed by atoms with E-state index in [9.17, 15) is 28.3 Å². The maximum absolute atomic E-state index is 14.7. The number of aliphatic hydroxyl groups is 1. The first-order valence-corrected chi connectivity index (χ1v) is 10.5. The van der Waals surface area contributed by atoms with E-state index in [1.165, 1.54) is 17.6 Å². The van der Waals surface area contributed by atoms with Crippen molar-refractivity contribution in [3.8, 4) is 11.4 Å². The quantitative estimate of drug-likeness (QED) is 0.426. The maximum atomic E-state index is 14.7. The van der Waals surface area contributed by atoms with E-state index in [0.717, 1.165) is 6.07 Å². The Balaban J connectivity index is 1.68. The first kappa shape index (κ1) is 20.0. The summed E-state index contributed by atoms with van der Waals surface area (Å²) >= 11 is 0. The average Bonchev–Trinajstić information content (AvgIpc) is 3.14. The number of nitrogens with zero attached hydrogens (tertiary/aromatic N) is 2. The fourth-order valence-electron chi connectivity index (χ4n) is 5.29. The normalized spacial score (nSPS) is 20.2. The van der Waals surface area contributed by atoms with E-state index in [4.69, 9.17) is 4.74 Å². The summed E-state index contributed by atoms with van der Waals surface area (Å²) in [5.74, 6) is -3.08. The number of hydrogen-bond donors (Lipinski definition) is 2. The molecule has 33 heavy (non-hydrogen) atoms. The second-order valence-corrected chi connectivity index (χ2v) is 8.55. The number of carbonyl (C=O) groups excluding carboxylic acids is 2. The molecule has 8 nitrogen and oxygen atoms in total. The topological polar surface area (TPSA) is 111 Å². The lowest BCUT2D eigenvalue weighted by molar-refractivity contribution is -0.157. The van der Waals surface area contributed by atoms with Gasteiger partial charge in [-0.25, -0.2) is 18.6 Å². The van der Waals surface area contributed by atoms with Crippen LogP contribution in [0.15, 0.2) is 16.9 Å². The molecular weight excluding hydrogens is 436 g/mol. The van der Waals surface area contributed by atoms with Crippen molar-refractivity contribution < 1.29 is 28.2 Å². The van der Waals surface area contributed by atoms with Gasteiger partial charge in [0.05, 0.1) is 35.1 Å². The zero-order valence-electron chi connectivity index (χ0n) is 17.4. The fourth-order valence-corrected chi connectivity index (χ4v) is 5.29. The fraction of sp³-hybridized carbons (Fsp3) is 0.304. The van der Waals surface area contributed by atoms with E-state index < -0.39 is 35.3 Å². The molecule has 6 rings (SSSR count). The van der Waals surface area contributed by atoms with Crippen molar-refractivity contribution in [2.75, 3.05) is 0 Å². The predicted molar refractivity (Wildman–Crippen MR) is 110 cm³/mol.